The van der Waals surface area contributed by atoms with Crippen molar-refractivity contribution in [1.29, 1.82) is 0 Å². The van der Waals surface area contributed by atoms with Gasteiger partial charge in [0.2, 0.25) is 5.91 Å². The standard InChI is InChI=1S/C14H15N5O6/c1-7-13(19(24)25)8(2)17(16-7)9(3)14(21)15-11-6-10(18(22)23)4-5-12(11)20/h4-6,9,20H,1-3H3,(H,15,21). The van der Waals surface area contributed by atoms with Crippen molar-refractivity contribution < 1.29 is 19.7 Å². The summed E-state index contributed by atoms with van der Waals surface area (Å²) in [7, 11) is 0. The third-order valence-electron chi connectivity index (χ3n) is 3.66. The SMILES string of the molecule is Cc1nn(C(C)C(=O)Nc2cc([N+](=O)[O-])ccc2O)c(C)c1[N+](=O)[O-]. The molecule has 25 heavy (non-hydrogen) atoms. The molecule has 11 nitrogen and oxygen atoms in total. The first-order chi connectivity index (χ1) is 11.6. The second kappa shape index (κ2) is 6.55. The number of anilines is 1. The maximum absolute atomic E-state index is 12.4. The number of hydrogen-bond donors (Lipinski definition) is 2. The number of rotatable bonds is 5. The molecule has 0 aliphatic rings. The lowest BCUT2D eigenvalue weighted by molar-refractivity contribution is -0.386. The number of aryl methyl sites for hydroxylation is 1. The van der Waals surface area contributed by atoms with Crippen LogP contribution in [-0.4, -0.2) is 30.6 Å². The number of nitro groups is 2. The summed E-state index contributed by atoms with van der Waals surface area (Å²) < 4.78 is 1.19. The van der Waals surface area contributed by atoms with Crippen molar-refractivity contribution in [3.05, 3.63) is 49.8 Å². The van der Waals surface area contributed by atoms with Gasteiger partial charge in [0.1, 0.15) is 23.2 Å². The van der Waals surface area contributed by atoms with Gasteiger partial charge in [-0.15, -0.1) is 0 Å². The van der Waals surface area contributed by atoms with Crippen LogP contribution in [-0.2, 0) is 4.79 Å². The predicted molar refractivity (Wildman–Crippen MR) is 86.5 cm³/mol. The fourth-order valence-corrected chi connectivity index (χ4v) is 2.38. The number of benzene rings is 1. The van der Waals surface area contributed by atoms with Gasteiger partial charge in [0, 0.05) is 12.1 Å². The van der Waals surface area contributed by atoms with Gasteiger partial charge in [0.05, 0.1) is 15.5 Å². The van der Waals surface area contributed by atoms with E-state index in [0.717, 1.165) is 18.2 Å². The third-order valence-corrected chi connectivity index (χ3v) is 3.66. The summed E-state index contributed by atoms with van der Waals surface area (Å²) in [6, 6.07) is 2.26. The minimum absolute atomic E-state index is 0.137. The monoisotopic (exact) mass is 349 g/mol. The number of carbonyl (C=O) groups is 1. The van der Waals surface area contributed by atoms with Crippen LogP contribution < -0.4 is 5.32 Å². The van der Waals surface area contributed by atoms with E-state index >= 15 is 0 Å². The molecule has 0 radical (unpaired) electrons. The molecule has 2 N–H and O–H groups in total. The molecule has 1 unspecified atom stereocenters. The molecular weight excluding hydrogens is 334 g/mol. The number of phenolic OH excluding ortho intramolecular Hbond substituents is 1. The molecule has 0 fully saturated rings. The van der Waals surface area contributed by atoms with Gasteiger partial charge < -0.3 is 10.4 Å². The van der Waals surface area contributed by atoms with Crippen molar-refractivity contribution in [2.24, 2.45) is 0 Å². The Morgan fingerprint density at radius 1 is 1.28 bits per heavy atom. The van der Waals surface area contributed by atoms with Gasteiger partial charge in [0.25, 0.3) is 5.69 Å². The van der Waals surface area contributed by atoms with Gasteiger partial charge in [-0.3, -0.25) is 29.7 Å². The van der Waals surface area contributed by atoms with Gasteiger partial charge in [-0.1, -0.05) is 0 Å². The molecule has 1 heterocycles. The lowest BCUT2D eigenvalue weighted by Gasteiger charge is -2.14. The molecule has 1 amide bonds. The van der Waals surface area contributed by atoms with Gasteiger partial charge in [-0.05, 0) is 26.8 Å². The van der Waals surface area contributed by atoms with E-state index in [-0.39, 0.29) is 34.2 Å². The molecule has 0 saturated carbocycles. The Morgan fingerprint density at radius 2 is 1.92 bits per heavy atom. The van der Waals surface area contributed by atoms with Crippen LogP contribution in [0.25, 0.3) is 0 Å². The van der Waals surface area contributed by atoms with E-state index in [1.807, 2.05) is 0 Å². The van der Waals surface area contributed by atoms with Crippen LogP contribution in [0.3, 0.4) is 0 Å². The number of carbonyl (C=O) groups excluding carboxylic acids is 1. The smallest absolute Gasteiger partial charge is 0.312 e. The number of non-ortho nitro benzene ring substituents is 1. The number of nitrogens with one attached hydrogen (secondary N) is 1. The van der Waals surface area contributed by atoms with E-state index in [9.17, 15) is 30.1 Å². The van der Waals surface area contributed by atoms with Gasteiger partial charge >= 0.3 is 5.69 Å². The van der Waals surface area contributed by atoms with Crippen molar-refractivity contribution in [3.63, 3.8) is 0 Å². The summed E-state index contributed by atoms with van der Waals surface area (Å²) in [5, 5.41) is 37.9. The Kier molecular flexibility index (Phi) is 4.68. The zero-order chi connectivity index (χ0) is 18.9. The van der Waals surface area contributed by atoms with Crippen molar-refractivity contribution >= 4 is 23.0 Å². The van der Waals surface area contributed by atoms with Gasteiger partial charge in [-0.25, -0.2) is 0 Å². The highest BCUT2D eigenvalue weighted by Crippen LogP contribution is 2.29. The van der Waals surface area contributed by atoms with E-state index < -0.39 is 21.8 Å². The number of amides is 1. The van der Waals surface area contributed by atoms with Crippen LogP contribution in [0, 0.1) is 34.1 Å². The lowest BCUT2D eigenvalue weighted by atomic mass is 10.2. The minimum atomic E-state index is -0.939. The maximum atomic E-state index is 12.4. The zero-order valence-electron chi connectivity index (χ0n) is 13.6. The number of nitrogens with zero attached hydrogens (tertiary/aromatic N) is 4. The summed E-state index contributed by atoms with van der Waals surface area (Å²) >= 11 is 0. The molecule has 0 saturated heterocycles. The van der Waals surface area contributed by atoms with E-state index in [1.54, 1.807) is 0 Å². The summed E-state index contributed by atoms with van der Waals surface area (Å²) in [5.41, 5.74) is -0.254. The van der Waals surface area contributed by atoms with Crippen LogP contribution in [0.5, 0.6) is 5.75 Å². The highest BCUT2D eigenvalue weighted by molar-refractivity contribution is 5.95. The van der Waals surface area contributed by atoms with E-state index in [1.165, 1.54) is 25.5 Å². The first kappa shape index (κ1) is 17.8. The Balaban J connectivity index is 2.30. The average molecular weight is 349 g/mol. The molecule has 1 atom stereocenters. The summed E-state index contributed by atoms with van der Waals surface area (Å²) in [6.45, 7) is 4.39. The Bertz CT molecular complexity index is 875. The Labute approximate surface area is 141 Å². The second-order valence-electron chi connectivity index (χ2n) is 5.34. The summed E-state index contributed by atoms with van der Waals surface area (Å²) in [6.07, 6.45) is 0. The number of nitro benzene ring substituents is 1. The van der Waals surface area contributed by atoms with Gasteiger partial charge in [0.15, 0.2) is 0 Å². The highest BCUT2D eigenvalue weighted by Gasteiger charge is 2.27. The Morgan fingerprint density at radius 3 is 2.44 bits per heavy atom. The van der Waals surface area contributed by atoms with Crippen LogP contribution in [0.1, 0.15) is 24.4 Å². The molecule has 0 bridgehead atoms. The van der Waals surface area contributed by atoms with Crippen LogP contribution in [0.15, 0.2) is 18.2 Å². The molecular formula is C14H15N5O6. The fourth-order valence-electron chi connectivity index (χ4n) is 2.38. The fraction of sp³-hybridized carbons (Fsp3) is 0.286. The molecule has 1 aromatic heterocycles. The number of aromatic nitrogens is 2. The molecule has 2 rings (SSSR count). The summed E-state index contributed by atoms with van der Waals surface area (Å²) in [4.78, 5) is 33.0. The summed E-state index contributed by atoms with van der Waals surface area (Å²) in [5.74, 6) is -0.984. The quantitative estimate of drug-likeness (QED) is 0.476. The van der Waals surface area contributed by atoms with E-state index in [4.69, 9.17) is 0 Å². The van der Waals surface area contributed by atoms with Crippen LogP contribution >= 0.6 is 0 Å². The minimum Gasteiger partial charge on any atom is -0.506 e. The topological polar surface area (TPSA) is 153 Å². The average Bonchev–Trinajstić information content (AvgIpc) is 2.83. The molecule has 132 valence electrons. The van der Waals surface area contributed by atoms with E-state index in [2.05, 4.69) is 10.4 Å². The number of hydrogen-bond acceptors (Lipinski definition) is 7. The Hall–Kier alpha value is -3.50. The first-order valence-corrected chi connectivity index (χ1v) is 7.11. The number of aromatic hydroxyl groups is 1. The normalized spacial score (nSPS) is 11.8. The van der Waals surface area contributed by atoms with Crippen LogP contribution in [0.4, 0.5) is 17.1 Å². The third kappa shape index (κ3) is 3.39. The van der Waals surface area contributed by atoms with Crippen molar-refractivity contribution in [3.8, 4) is 5.75 Å². The molecule has 2 aromatic rings. The van der Waals surface area contributed by atoms with Gasteiger partial charge in [-0.2, -0.15) is 5.10 Å². The largest absolute Gasteiger partial charge is 0.506 e. The maximum Gasteiger partial charge on any atom is 0.312 e. The van der Waals surface area contributed by atoms with Crippen molar-refractivity contribution in [1.82, 2.24) is 9.78 Å². The number of phenols is 1. The molecule has 0 spiro atoms. The van der Waals surface area contributed by atoms with Crippen molar-refractivity contribution in [2.75, 3.05) is 5.32 Å². The predicted octanol–water partition coefficient (Wildman–Crippen LogP) is 2.22. The van der Waals surface area contributed by atoms with Crippen LogP contribution in [0.2, 0.25) is 0 Å². The van der Waals surface area contributed by atoms with E-state index in [0.29, 0.717) is 0 Å². The zero-order valence-corrected chi connectivity index (χ0v) is 13.6. The van der Waals surface area contributed by atoms with Crippen molar-refractivity contribution in [2.45, 2.75) is 26.8 Å². The second-order valence-corrected chi connectivity index (χ2v) is 5.34. The lowest BCUT2D eigenvalue weighted by Crippen LogP contribution is -2.25. The highest BCUT2D eigenvalue weighted by atomic mass is 16.6. The molecule has 11 heteroatoms. The first-order valence-electron chi connectivity index (χ1n) is 7.11. The molecule has 0 aliphatic carbocycles. The molecule has 1 aromatic carbocycles. The molecule has 0 aliphatic heterocycles.